The highest BCUT2D eigenvalue weighted by Crippen LogP contribution is 2.00. The number of pyridine rings is 1. The van der Waals surface area contributed by atoms with Crippen LogP contribution in [0.15, 0.2) is 29.2 Å². The zero-order chi connectivity index (χ0) is 8.97. The molecular weight excluding hydrogens is 150 g/mol. The van der Waals surface area contributed by atoms with E-state index in [4.69, 9.17) is 0 Å². The van der Waals surface area contributed by atoms with Crippen molar-refractivity contribution in [2.75, 3.05) is 0 Å². The van der Waals surface area contributed by atoms with Gasteiger partial charge in [0.1, 0.15) is 0 Å². The molecule has 1 aromatic heterocycles. The van der Waals surface area contributed by atoms with Gasteiger partial charge in [-0.1, -0.05) is 19.9 Å². The Kier molecular flexibility index (Phi) is 3.09. The normalized spacial score (nSPS) is 10.6. The van der Waals surface area contributed by atoms with E-state index in [2.05, 4.69) is 13.8 Å². The highest BCUT2D eigenvalue weighted by Gasteiger charge is 1.96. The van der Waals surface area contributed by atoms with Crippen LogP contribution in [0.3, 0.4) is 0 Å². The standard InChI is InChI=1S/C10H15NO/c1-9(2)6-8-11-7-4-3-5-10(11)12/h3-5,7,9H,6,8H2,1-2H3. The van der Waals surface area contributed by atoms with E-state index in [9.17, 15) is 4.79 Å². The van der Waals surface area contributed by atoms with Crippen molar-refractivity contribution < 1.29 is 0 Å². The predicted octanol–water partition coefficient (Wildman–Crippen LogP) is 1.89. The Morgan fingerprint density at radius 1 is 1.42 bits per heavy atom. The van der Waals surface area contributed by atoms with Crippen LogP contribution in [0.1, 0.15) is 20.3 Å². The molecule has 0 spiro atoms. The van der Waals surface area contributed by atoms with Gasteiger partial charge in [0.25, 0.3) is 0 Å². The van der Waals surface area contributed by atoms with Crippen LogP contribution < -0.4 is 5.56 Å². The lowest BCUT2D eigenvalue weighted by atomic mass is 10.1. The first-order valence-electron chi connectivity index (χ1n) is 4.35. The van der Waals surface area contributed by atoms with Crippen LogP contribution in [0.4, 0.5) is 0 Å². The number of aryl methyl sites for hydroxylation is 1. The highest BCUT2D eigenvalue weighted by atomic mass is 16.1. The topological polar surface area (TPSA) is 22.0 Å². The first kappa shape index (κ1) is 9.04. The molecule has 0 aromatic carbocycles. The first-order valence-corrected chi connectivity index (χ1v) is 4.35. The van der Waals surface area contributed by atoms with Crippen molar-refractivity contribution >= 4 is 0 Å². The van der Waals surface area contributed by atoms with Gasteiger partial charge in [0.15, 0.2) is 0 Å². The SMILES string of the molecule is CC(C)CCn1ccccc1=O. The van der Waals surface area contributed by atoms with Crippen LogP contribution in [0, 0.1) is 5.92 Å². The van der Waals surface area contributed by atoms with Gasteiger partial charge in [0, 0.05) is 18.8 Å². The maximum atomic E-state index is 11.2. The van der Waals surface area contributed by atoms with E-state index in [0.717, 1.165) is 13.0 Å². The minimum Gasteiger partial charge on any atom is -0.316 e. The fraction of sp³-hybridized carbons (Fsp3) is 0.500. The van der Waals surface area contributed by atoms with Crippen LogP contribution in [-0.4, -0.2) is 4.57 Å². The molecule has 1 rings (SSSR count). The Bertz CT molecular complexity index is 288. The van der Waals surface area contributed by atoms with Crippen molar-refractivity contribution in [2.24, 2.45) is 5.92 Å². The van der Waals surface area contributed by atoms with Crippen LogP contribution in [0.5, 0.6) is 0 Å². The summed E-state index contributed by atoms with van der Waals surface area (Å²) in [7, 11) is 0. The molecule has 0 bridgehead atoms. The summed E-state index contributed by atoms with van der Waals surface area (Å²) < 4.78 is 1.75. The van der Waals surface area contributed by atoms with Crippen molar-refractivity contribution in [2.45, 2.75) is 26.8 Å². The average molecular weight is 165 g/mol. The molecule has 0 N–H and O–H groups in total. The molecule has 0 saturated carbocycles. The quantitative estimate of drug-likeness (QED) is 0.670. The van der Waals surface area contributed by atoms with Crippen molar-refractivity contribution in [1.29, 1.82) is 0 Å². The molecule has 0 saturated heterocycles. The summed E-state index contributed by atoms with van der Waals surface area (Å²) in [6, 6.07) is 5.26. The van der Waals surface area contributed by atoms with Crippen molar-refractivity contribution in [3.63, 3.8) is 0 Å². The second kappa shape index (κ2) is 4.10. The maximum absolute atomic E-state index is 11.2. The zero-order valence-electron chi connectivity index (χ0n) is 7.66. The maximum Gasteiger partial charge on any atom is 0.250 e. The Morgan fingerprint density at radius 3 is 2.75 bits per heavy atom. The summed E-state index contributed by atoms with van der Waals surface area (Å²) in [4.78, 5) is 11.2. The average Bonchev–Trinajstić information content (AvgIpc) is 2.03. The van der Waals surface area contributed by atoms with Crippen LogP contribution in [0.2, 0.25) is 0 Å². The third-order valence-electron chi connectivity index (χ3n) is 1.85. The number of rotatable bonds is 3. The smallest absolute Gasteiger partial charge is 0.250 e. The van der Waals surface area contributed by atoms with Gasteiger partial charge < -0.3 is 4.57 Å². The predicted molar refractivity (Wildman–Crippen MR) is 50.2 cm³/mol. The largest absolute Gasteiger partial charge is 0.316 e. The van der Waals surface area contributed by atoms with Gasteiger partial charge in [-0.2, -0.15) is 0 Å². The van der Waals surface area contributed by atoms with E-state index in [1.807, 2.05) is 12.3 Å². The van der Waals surface area contributed by atoms with Crippen molar-refractivity contribution in [3.8, 4) is 0 Å². The van der Waals surface area contributed by atoms with E-state index < -0.39 is 0 Å². The second-order valence-electron chi connectivity index (χ2n) is 3.41. The summed E-state index contributed by atoms with van der Waals surface area (Å²) in [6.45, 7) is 5.15. The van der Waals surface area contributed by atoms with E-state index in [0.29, 0.717) is 5.92 Å². The van der Waals surface area contributed by atoms with E-state index in [1.54, 1.807) is 16.7 Å². The molecule has 0 fully saturated rings. The third-order valence-corrected chi connectivity index (χ3v) is 1.85. The van der Waals surface area contributed by atoms with Gasteiger partial charge in [0.05, 0.1) is 0 Å². The number of hydrogen-bond acceptors (Lipinski definition) is 1. The summed E-state index contributed by atoms with van der Waals surface area (Å²) in [5.41, 5.74) is 0.0955. The summed E-state index contributed by atoms with van der Waals surface area (Å²) in [5, 5.41) is 0. The molecule has 0 aliphatic heterocycles. The van der Waals surface area contributed by atoms with Gasteiger partial charge >= 0.3 is 0 Å². The van der Waals surface area contributed by atoms with Crippen molar-refractivity contribution in [3.05, 3.63) is 34.7 Å². The Balaban J connectivity index is 2.64. The molecule has 12 heavy (non-hydrogen) atoms. The fourth-order valence-corrected chi connectivity index (χ4v) is 1.04. The molecule has 0 atom stereocenters. The Hall–Kier alpha value is -1.05. The lowest BCUT2D eigenvalue weighted by molar-refractivity contribution is 0.508. The molecule has 1 heterocycles. The minimum absolute atomic E-state index is 0.0955. The molecule has 66 valence electrons. The molecular formula is C10H15NO. The number of hydrogen-bond donors (Lipinski definition) is 0. The molecule has 2 nitrogen and oxygen atoms in total. The first-order chi connectivity index (χ1) is 5.70. The summed E-state index contributed by atoms with van der Waals surface area (Å²) in [6.07, 6.45) is 2.90. The van der Waals surface area contributed by atoms with E-state index >= 15 is 0 Å². The zero-order valence-corrected chi connectivity index (χ0v) is 7.66. The van der Waals surface area contributed by atoms with Gasteiger partial charge in [-0.05, 0) is 18.4 Å². The molecule has 0 aliphatic rings. The monoisotopic (exact) mass is 165 g/mol. The molecule has 0 unspecified atom stereocenters. The Labute approximate surface area is 72.8 Å². The summed E-state index contributed by atoms with van der Waals surface area (Å²) >= 11 is 0. The van der Waals surface area contributed by atoms with Crippen LogP contribution >= 0.6 is 0 Å². The number of aromatic nitrogens is 1. The van der Waals surface area contributed by atoms with Crippen LogP contribution in [-0.2, 0) is 6.54 Å². The highest BCUT2D eigenvalue weighted by molar-refractivity contribution is 4.92. The number of nitrogens with zero attached hydrogens (tertiary/aromatic N) is 1. The lowest BCUT2D eigenvalue weighted by Crippen LogP contribution is -2.18. The minimum atomic E-state index is 0.0955. The molecule has 0 aliphatic carbocycles. The Morgan fingerprint density at radius 2 is 2.17 bits per heavy atom. The summed E-state index contributed by atoms with van der Waals surface area (Å²) in [5.74, 6) is 0.650. The van der Waals surface area contributed by atoms with Crippen molar-refractivity contribution in [1.82, 2.24) is 4.57 Å². The van der Waals surface area contributed by atoms with E-state index in [-0.39, 0.29) is 5.56 Å². The van der Waals surface area contributed by atoms with Gasteiger partial charge in [0.2, 0.25) is 5.56 Å². The van der Waals surface area contributed by atoms with Gasteiger partial charge in [-0.15, -0.1) is 0 Å². The molecule has 1 aromatic rings. The molecule has 2 heteroatoms. The molecule has 0 radical (unpaired) electrons. The van der Waals surface area contributed by atoms with Crippen LogP contribution in [0.25, 0.3) is 0 Å². The van der Waals surface area contributed by atoms with E-state index in [1.165, 1.54) is 0 Å². The molecule has 0 amide bonds. The lowest BCUT2D eigenvalue weighted by Gasteiger charge is -2.06. The second-order valence-corrected chi connectivity index (χ2v) is 3.41. The van der Waals surface area contributed by atoms with Gasteiger partial charge in [-0.25, -0.2) is 0 Å². The third kappa shape index (κ3) is 2.53. The fourth-order valence-electron chi connectivity index (χ4n) is 1.04. The van der Waals surface area contributed by atoms with Gasteiger partial charge in [-0.3, -0.25) is 4.79 Å².